The summed E-state index contributed by atoms with van der Waals surface area (Å²) in [7, 11) is 0. The first kappa shape index (κ1) is 15.6. The van der Waals surface area contributed by atoms with Gasteiger partial charge in [0, 0.05) is 18.5 Å². The fourth-order valence-corrected chi connectivity index (χ4v) is 3.09. The number of H-pyrrole nitrogens is 1. The standard InChI is InChI=1S/C19H18N4O2/c24-10-9-20-12-13-5-7-14(8-6-13)16-11-18-21-22-19(25)23(18)17-4-2-1-3-15(16)17/h1-8,11,20,24H,9-10,12H2,(H,22,25). The first-order valence-electron chi connectivity index (χ1n) is 8.18. The molecule has 0 fully saturated rings. The van der Waals surface area contributed by atoms with E-state index in [1.165, 1.54) is 0 Å². The third-order valence-electron chi connectivity index (χ3n) is 4.29. The Hall–Kier alpha value is -2.96. The molecule has 0 aliphatic rings. The van der Waals surface area contributed by atoms with Gasteiger partial charge in [-0.05, 0) is 28.8 Å². The van der Waals surface area contributed by atoms with Crippen molar-refractivity contribution in [2.45, 2.75) is 6.54 Å². The molecule has 0 radical (unpaired) electrons. The number of fused-ring (bicyclic) bond motifs is 3. The van der Waals surface area contributed by atoms with Crippen LogP contribution in [0.25, 0.3) is 27.7 Å². The van der Waals surface area contributed by atoms with E-state index in [0.717, 1.165) is 34.1 Å². The van der Waals surface area contributed by atoms with Gasteiger partial charge in [-0.1, -0.05) is 42.5 Å². The van der Waals surface area contributed by atoms with Crippen LogP contribution in [-0.4, -0.2) is 32.9 Å². The molecule has 2 heterocycles. The summed E-state index contributed by atoms with van der Waals surface area (Å²) in [5.41, 5.74) is 4.47. The number of nitrogens with zero attached hydrogens (tertiary/aromatic N) is 2. The summed E-state index contributed by atoms with van der Waals surface area (Å²) in [5, 5.41) is 19.6. The van der Waals surface area contributed by atoms with Gasteiger partial charge in [0.2, 0.25) is 0 Å². The molecule has 0 aliphatic carbocycles. The molecule has 6 heteroatoms. The number of benzene rings is 2. The molecule has 0 bridgehead atoms. The molecule has 0 spiro atoms. The van der Waals surface area contributed by atoms with Gasteiger partial charge in [0.05, 0.1) is 12.1 Å². The van der Waals surface area contributed by atoms with E-state index in [1.807, 2.05) is 30.3 Å². The second-order valence-corrected chi connectivity index (χ2v) is 5.89. The zero-order valence-corrected chi connectivity index (χ0v) is 13.6. The molecule has 0 saturated carbocycles. The van der Waals surface area contributed by atoms with Gasteiger partial charge in [0.25, 0.3) is 0 Å². The molecular formula is C19H18N4O2. The Balaban J connectivity index is 1.81. The van der Waals surface area contributed by atoms with Crippen molar-refractivity contribution < 1.29 is 5.11 Å². The average molecular weight is 334 g/mol. The second-order valence-electron chi connectivity index (χ2n) is 5.89. The van der Waals surface area contributed by atoms with Crippen LogP contribution in [0.15, 0.2) is 59.4 Å². The molecule has 0 aliphatic heterocycles. The molecular weight excluding hydrogens is 316 g/mol. The minimum absolute atomic E-state index is 0.132. The van der Waals surface area contributed by atoms with Gasteiger partial charge < -0.3 is 10.4 Å². The van der Waals surface area contributed by atoms with Crippen LogP contribution in [0.2, 0.25) is 0 Å². The predicted octanol–water partition coefficient (Wildman–Crippen LogP) is 1.92. The van der Waals surface area contributed by atoms with Crippen LogP contribution in [-0.2, 0) is 6.54 Å². The lowest BCUT2D eigenvalue weighted by atomic mass is 10.00. The van der Waals surface area contributed by atoms with E-state index < -0.39 is 0 Å². The number of aromatic amines is 1. The maximum Gasteiger partial charge on any atom is 0.348 e. The number of aliphatic hydroxyl groups excluding tert-OH is 1. The number of pyridine rings is 1. The maximum absolute atomic E-state index is 12.0. The highest BCUT2D eigenvalue weighted by Gasteiger charge is 2.11. The maximum atomic E-state index is 12.0. The molecule has 2 aromatic carbocycles. The Bertz CT molecular complexity index is 1080. The minimum Gasteiger partial charge on any atom is -0.395 e. The summed E-state index contributed by atoms with van der Waals surface area (Å²) in [6, 6.07) is 18.0. The fraction of sp³-hybridized carbons (Fsp3) is 0.158. The van der Waals surface area contributed by atoms with E-state index >= 15 is 0 Å². The number of rotatable bonds is 5. The molecule has 0 unspecified atom stereocenters. The summed E-state index contributed by atoms with van der Waals surface area (Å²) in [4.78, 5) is 12.0. The van der Waals surface area contributed by atoms with Crippen LogP contribution in [0.4, 0.5) is 0 Å². The Morgan fingerprint density at radius 1 is 1.12 bits per heavy atom. The highest BCUT2D eigenvalue weighted by atomic mass is 16.3. The van der Waals surface area contributed by atoms with Crippen molar-refractivity contribution in [3.05, 3.63) is 70.6 Å². The van der Waals surface area contributed by atoms with E-state index in [-0.39, 0.29) is 12.3 Å². The highest BCUT2D eigenvalue weighted by molar-refractivity contribution is 5.97. The Labute approximate surface area is 143 Å². The molecule has 4 rings (SSSR count). The van der Waals surface area contributed by atoms with Gasteiger partial charge in [-0.25, -0.2) is 14.3 Å². The van der Waals surface area contributed by atoms with Crippen LogP contribution in [0.3, 0.4) is 0 Å². The monoisotopic (exact) mass is 334 g/mol. The fourth-order valence-electron chi connectivity index (χ4n) is 3.09. The summed E-state index contributed by atoms with van der Waals surface area (Å²) in [5.74, 6) is 0. The van der Waals surface area contributed by atoms with Gasteiger partial charge in [-0.15, -0.1) is 0 Å². The number of nitrogens with one attached hydrogen (secondary N) is 2. The first-order chi connectivity index (χ1) is 12.3. The van der Waals surface area contributed by atoms with Crippen molar-refractivity contribution in [1.82, 2.24) is 19.9 Å². The van der Waals surface area contributed by atoms with Crippen LogP contribution in [0.1, 0.15) is 5.56 Å². The van der Waals surface area contributed by atoms with Crippen LogP contribution >= 0.6 is 0 Å². The third kappa shape index (κ3) is 2.82. The van der Waals surface area contributed by atoms with Crippen molar-refractivity contribution in [3.63, 3.8) is 0 Å². The number of hydrogen-bond acceptors (Lipinski definition) is 4. The lowest BCUT2D eigenvalue weighted by Gasteiger charge is -2.10. The molecule has 2 aromatic heterocycles. The van der Waals surface area contributed by atoms with Crippen molar-refractivity contribution >= 4 is 16.6 Å². The minimum atomic E-state index is -0.233. The van der Waals surface area contributed by atoms with E-state index in [4.69, 9.17) is 5.11 Å². The molecule has 0 atom stereocenters. The summed E-state index contributed by atoms with van der Waals surface area (Å²) >= 11 is 0. The van der Waals surface area contributed by atoms with Gasteiger partial charge >= 0.3 is 5.69 Å². The second kappa shape index (κ2) is 6.51. The zero-order chi connectivity index (χ0) is 17.2. The van der Waals surface area contributed by atoms with Crippen LogP contribution in [0, 0.1) is 0 Å². The lowest BCUT2D eigenvalue weighted by molar-refractivity contribution is 0.292. The third-order valence-corrected chi connectivity index (χ3v) is 4.29. The van der Waals surface area contributed by atoms with Gasteiger partial charge in [-0.3, -0.25) is 0 Å². The first-order valence-corrected chi connectivity index (χ1v) is 8.18. The van der Waals surface area contributed by atoms with Crippen LogP contribution in [0.5, 0.6) is 0 Å². The molecule has 25 heavy (non-hydrogen) atoms. The van der Waals surface area contributed by atoms with Gasteiger partial charge in [-0.2, -0.15) is 5.10 Å². The van der Waals surface area contributed by atoms with Crippen molar-refractivity contribution in [3.8, 4) is 11.1 Å². The summed E-state index contributed by atoms with van der Waals surface area (Å²) in [6.45, 7) is 1.43. The molecule has 0 saturated heterocycles. The number of aromatic nitrogens is 3. The summed E-state index contributed by atoms with van der Waals surface area (Å²) in [6.07, 6.45) is 0. The smallest absolute Gasteiger partial charge is 0.348 e. The zero-order valence-electron chi connectivity index (χ0n) is 13.6. The largest absolute Gasteiger partial charge is 0.395 e. The van der Waals surface area contributed by atoms with E-state index in [2.05, 4.69) is 39.8 Å². The van der Waals surface area contributed by atoms with Gasteiger partial charge in [0.15, 0.2) is 5.65 Å². The molecule has 6 nitrogen and oxygen atoms in total. The van der Waals surface area contributed by atoms with Gasteiger partial charge in [0.1, 0.15) is 0 Å². The van der Waals surface area contributed by atoms with E-state index in [0.29, 0.717) is 12.2 Å². The quantitative estimate of drug-likeness (QED) is 0.487. The molecule has 4 aromatic rings. The summed E-state index contributed by atoms with van der Waals surface area (Å²) < 4.78 is 1.59. The topological polar surface area (TPSA) is 82.4 Å². The normalized spacial score (nSPS) is 11.4. The predicted molar refractivity (Wildman–Crippen MR) is 97.5 cm³/mol. The van der Waals surface area contributed by atoms with Crippen molar-refractivity contribution in [2.24, 2.45) is 0 Å². The number of aliphatic hydroxyl groups is 1. The van der Waals surface area contributed by atoms with Crippen molar-refractivity contribution in [2.75, 3.05) is 13.2 Å². The Morgan fingerprint density at radius 3 is 2.72 bits per heavy atom. The Morgan fingerprint density at radius 2 is 1.92 bits per heavy atom. The van der Waals surface area contributed by atoms with E-state index in [9.17, 15) is 4.79 Å². The molecule has 126 valence electrons. The number of hydrogen-bond donors (Lipinski definition) is 3. The van der Waals surface area contributed by atoms with Crippen LogP contribution < -0.4 is 11.0 Å². The van der Waals surface area contributed by atoms with Crippen molar-refractivity contribution in [1.29, 1.82) is 0 Å². The van der Waals surface area contributed by atoms with E-state index in [1.54, 1.807) is 4.40 Å². The average Bonchev–Trinajstić information content (AvgIpc) is 3.03. The molecule has 0 amide bonds. The number of para-hydroxylation sites is 1. The Kier molecular flexibility index (Phi) is 4.05. The lowest BCUT2D eigenvalue weighted by Crippen LogP contribution is -2.17. The highest BCUT2D eigenvalue weighted by Crippen LogP contribution is 2.29. The molecule has 3 N–H and O–H groups in total. The SMILES string of the molecule is O=c1[nH]nc2cc(-c3ccc(CNCCO)cc3)c3ccccc3n12.